The van der Waals surface area contributed by atoms with Crippen LogP contribution in [0.15, 0.2) is 18.2 Å². The van der Waals surface area contributed by atoms with Gasteiger partial charge in [-0.3, -0.25) is 14.5 Å². The van der Waals surface area contributed by atoms with Gasteiger partial charge in [0.2, 0.25) is 16.9 Å². The Hall–Kier alpha value is -2.23. The van der Waals surface area contributed by atoms with E-state index < -0.39 is 0 Å². The maximum atomic E-state index is 12.6. The zero-order chi connectivity index (χ0) is 23.3. The van der Waals surface area contributed by atoms with E-state index >= 15 is 0 Å². The summed E-state index contributed by atoms with van der Waals surface area (Å²) in [5, 5.41) is 12.9. The molecule has 0 atom stereocenters. The van der Waals surface area contributed by atoms with Crippen molar-refractivity contribution in [3.63, 3.8) is 0 Å². The summed E-state index contributed by atoms with van der Waals surface area (Å²) in [6.45, 7) is 9.63. The SMILES string of the molecule is COc1ccc(Cl)cc1CN1CCN(C(=O)CCC(=O)Nc2nnc(C(C)(C)C)s2)CC1. The fraction of sp³-hybridized carbons (Fsp3) is 0.545. The molecule has 3 rings (SSSR count). The number of ether oxygens (including phenoxy) is 1. The molecular formula is C22H30ClN5O3S. The zero-order valence-electron chi connectivity index (χ0n) is 19.0. The Morgan fingerprint density at radius 1 is 1.16 bits per heavy atom. The van der Waals surface area contributed by atoms with E-state index in [4.69, 9.17) is 16.3 Å². The number of halogens is 1. The predicted molar refractivity (Wildman–Crippen MR) is 126 cm³/mol. The fourth-order valence-corrected chi connectivity index (χ4v) is 4.42. The molecule has 1 saturated heterocycles. The molecule has 1 aromatic carbocycles. The first-order valence-electron chi connectivity index (χ1n) is 10.6. The molecule has 1 N–H and O–H groups in total. The van der Waals surface area contributed by atoms with E-state index in [2.05, 4.69) is 20.4 Å². The minimum Gasteiger partial charge on any atom is -0.496 e. The van der Waals surface area contributed by atoms with E-state index in [0.29, 0.717) is 29.8 Å². The van der Waals surface area contributed by atoms with Gasteiger partial charge in [0.05, 0.1) is 7.11 Å². The first kappa shape index (κ1) is 24.4. The summed E-state index contributed by atoms with van der Waals surface area (Å²) in [7, 11) is 1.65. The molecule has 1 aliphatic rings. The van der Waals surface area contributed by atoms with Gasteiger partial charge in [-0.2, -0.15) is 0 Å². The molecule has 2 heterocycles. The molecule has 1 aliphatic heterocycles. The van der Waals surface area contributed by atoms with Gasteiger partial charge in [0.25, 0.3) is 0 Å². The fourth-order valence-electron chi connectivity index (χ4n) is 3.40. The molecule has 0 radical (unpaired) electrons. The van der Waals surface area contributed by atoms with E-state index in [0.717, 1.165) is 29.4 Å². The Bertz CT molecular complexity index is 951. The predicted octanol–water partition coefficient (Wildman–Crippen LogP) is 3.56. The monoisotopic (exact) mass is 479 g/mol. The quantitative estimate of drug-likeness (QED) is 0.653. The van der Waals surface area contributed by atoms with Crippen LogP contribution in [0.4, 0.5) is 5.13 Å². The Morgan fingerprint density at radius 3 is 2.50 bits per heavy atom. The first-order chi connectivity index (χ1) is 15.2. The van der Waals surface area contributed by atoms with Gasteiger partial charge in [0.1, 0.15) is 10.8 Å². The highest BCUT2D eigenvalue weighted by molar-refractivity contribution is 7.15. The van der Waals surface area contributed by atoms with Gasteiger partial charge in [-0.05, 0) is 18.2 Å². The third kappa shape index (κ3) is 6.63. The summed E-state index contributed by atoms with van der Waals surface area (Å²) < 4.78 is 5.42. The third-order valence-corrected chi connectivity index (χ3v) is 6.74. The number of aromatic nitrogens is 2. The third-order valence-electron chi connectivity index (χ3n) is 5.24. The van der Waals surface area contributed by atoms with Crippen molar-refractivity contribution >= 4 is 39.9 Å². The number of rotatable bonds is 7. The van der Waals surface area contributed by atoms with E-state index in [1.165, 1.54) is 11.3 Å². The number of nitrogens with one attached hydrogen (secondary N) is 1. The van der Waals surface area contributed by atoms with Crippen molar-refractivity contribution in [3.05, 3.63) is 33.8 Å². The topological polar surface area (TPSA) is 87.7 Å². The molecule has 2 amide bonds. The van der Waals surface area contributed by atoms with Crippen LogP contribution in [0.1, 0.15) is 44.2 Å². The normalized spacial score (nSPS) is 15.0. The van der Waals surface area contributed by atoms with Crippen LogP contribution in [0.2, 0.25) is 5.02 Å². The lowest BCUT2D eigenvalue weighted by molar-refractivity contribution is -0.134. The number of carbonyl (C=O) groups excluding carboxylic acids is 2. The molecule has 10 heteroatoms. The maximum Gasteiger partial charge on any atom is 0.226 e. The van der Waals surface area contributed by atoms with Crippen LogP contribution in [0.25, 0.3) is 0 Å². The first-order valence-corrected chi connectivity index (χ1v) is 11.8. The molecule has 1 aromatic heterocycles. The Kier molecular flexibility index (Phi) is 8.08. The van der Waals surface area contributed by atoms with Crippen molar-refractivity contribution < 1.29 is 14.3 Å². The average Bonchev–Trinajstić information content (AvgIpc) is 3.22. The van der Waals surface area contributed by atoms with E-state index in [9.17, 15) is 9.59 Å². The van der Waals surface area contributed by atoms with Crippen molar-refractivity contribution in [2.45, 2.75) is 45.6 Å². The second-order valence-corrected chi connectivity index (χ2v) is 10.2. The highest BCUT2D eigenvalue weighted by atomic mass is 35.5. The van der Waals surface area contributed by atoms with Crippen LogP contribution >= 0.6 is 22.9 Å². The lowest BCUT2D eigenvalue weighted by Crippen LogP contribution is -2.48. The highest BCUT2D eigenvalue weighted by Gasteiger charge is 2.23. The molecule has 2 aromatic rings. The van der Waals surface area contributed by atoms with Crippen molar-refractivity contribution in [2.75, 3.05) is 38.6 Å². The van der Waals surface area contributed by atoms with Crippen LogP contribution < -0.4 is 10.1 Å². The number of carbonyl (C=O) groups is 2. The minimum atomic E-state index is -0.221. The standard InChI is InChI=1S/C22H30ClN5O3S/c1-22(2,3)20-25-26-21(32-20)24-18(29)7-8-19(30)28-11-9-27(10-12-28)14-15-13-16(23)5-6-17(15)31-4/h5-6,13H,7-12,14H2,1-4H3,(H,24,26,29). The van der Waals surface area contributed by atoms with Gasteiger partial charge < -0.3 is 15.0 Å². The molecule has 32 heavy (non-hydrogen) atoms. The van der Waals surface area contributed by atoms with Gasteiger partial charge >= 0.3 is 0 Å². The summed E-state index contributed by atoms with van der Waals surface area (Å²) in [5.74, 6) is 0.582. The molecular weight excluding hydrogens is 450 g/mol. The van der Waals surface area contributed by atoms with Crippen LogP contribution in [-0.4, -0.2) is 65.1 Å². The number of methoxy groups -OCH3 is 1. The lowest BCUT2D eigenvalue weighted by Gasteiger charge is -2.35. The zero-order valence-corrected chi connectivity index (χ0v) is 20.6. The Morgan fingerprint density at radius 2 is 1.88 bits per heavy atom. The highest BCUT2D eigenvalue weighted by Crippen LogP contribution is 2.28. The van der Waals surface area contributed by atoms with E-state index in [-0.39, 0.29) is 30.1 Å². The van der Waals surface area contributed by atoms with E-state index in [1.807, 2.05) is 43.9 Å². The maximum absolute atomic E-state index is 12.6. The van der Waals surface area contributed by atoms with Crippen molar-refractivity contribution in [1.82, 2.24) is 20.0 Å². The van der Waals surface area contributed by atoms with Crippen molar-refractivity contribution in [2.24, 2.45) is 0 Å². The van der Waals surface area contributed by atoms with Gasteiger partial charge in [-0.15, -0.1) is 10.2 Å². The minimum absolute atomic E-state index is 0.00668. The molecule has 0 bridgehead atoms. The smallest absolute Gasteiger partial charge is 0.226 e. The summed E-state index contributed by atoms with van der Waals surface area (Å²) in [6.07, 6.45) is 0.308. The van der Waals surface area contributed by atoms with Gasteiger partial charge in [-0.1, -0.05) is 43.7 Å². The number of nitrogens with zero attached hydrogens (tertiary/aromatic N) is 4. The largest absolute Gasteiger partial charge is 0.496 e. The summed E-state index contributed by atoms with van der Waals surface area (Å²) >= 11 is 7.48. The molecule has 1 fully saturated rings. The number of benzene rings is 1. The number of hydrogen-bond acceptors (Lipinski definition) is 7. The summed E-state index contributed by atoms with van der Waals surface area (Å²) in [5.41, 5.74) is 0.916. The van der Waals surface area contributed by atoms with Crippen LogP contribution in [0, 0.1) is 0 Å². The number of piperazine rings is 1. The number of amides is 2. The van der Waals surface area contributed by atoms with Gasteiger partial charge in [-0.25, -0.2) is 0 Å². The van der Waals surface area contributed by atoms with Crippen LogP contribution in [0.3, 0.4) is 0 Å². The second-order valence-electron chi connectivity index (χ2n) is 8.82. The summed E-state index contributed by atoms with van der Waals surface area (Å²) in [6, 6.07) is 5.60. The molecule has 0 unspecified atom stereocenters. The average molecular weight is 480 g/mol. The number of anilines is 1. The molecule has 174 valence electrons. The van der Waals surface area contributed by atoms with Gasteiger partial charge in [0, 0.05) is 61.6 Å². The van der Waals surface area contributed by atoms with Crippen LogP contribution in [0.5, 0.6) is 5.75 Å². The lowest BCUT2D eigenvalue weighted by atomic mass is 9.98. The molecule has 0 spiro atoms. The van der Waals surface area contributed by atoms with Crippen molar-refractivity contribution in [3.8, 4) is 5.75 Å². The van der Waals surface area contributed by atoms with E-state index in [1.54, 1.807) is 7.11 Å². The van der Waals surface area contributed by atoms with Crippen LogP contribution in [-0.2, 0) is 21.5 Å². The Labute approximate surface area is 197 Å². The Balaban J connectivity index is 1.42. The molecule has 8 nitrogen and oxygen atoms in total. The summed E-state index contributed by atoms with van der Waals surface area (Å²) in [4.78, 5) is 28.9. The van der Waals surface area contributed by atoms with Gasteiger partial charge in [0.15, 0.2) is 0 Å². The molecule has 0 saturated carbocycles. The van der Waals surface area contributed by atoms with Crippen molar-refractivity contribution in [1.29, 1.82) is 0 Å². The molecule has 0 aliphatic carbocycles. The second kappa shape index (κ2) is 10.6. The number of hydrogen-bond donors (Lipinski definition) is 1.